The van der Waals surface area contributed by atoms with Crippen LogP contribution in [0.3, 0.4) is 0 Å². The van der Waals surface area contributed by atoms with Crippen LogP contribution < -0.4 is 4.72 Å². The summed E-state index contributed by atoms with van der Waals surface area (Å²) in [5.41, 5.74) is 4.61. The van der Waals surface area contributed by atoms with Gasteiger partial charge in [-0.3, -0.25) is 19.1 Å². The molecule has 4 aromatic rings. The maximum Gasteiger partial charge on any atom is 0.275 e. The van der Waals surface area contributed by atoms with Crippen molar-refractivity contribution < 1.29 is 28.4 Å². The summed E-state index contributed by atoms with van der Waals surface area (Å²) in [6, 6.07) is 17.1. The molecule has 3 aromatic carbocycles. The third-order valence-electron chi connectivity index (χ3n) is 9.87. The molecule has 0 spiro atoms. The van der Waals surface area contributed by atoms with Crippen LogP contribution in [0.25, 0.3) is 17.8 Å². The van der Waals surface area contributed by atoms with Crippen LogP contribution in [0.15, 0.2) is 78.7 Å². The van der Waals surface area contributed by atoms with Gasteiger partial charge in [-0.1, -0.05) is 93.9 Å². The first kappa shape index (κ1) is 42.3. The molecular formula is C43H50ClN5O6S. The summed E-state index contributed by atoms with van der Waals surface area (Å²) in [5.74, 6) is -1.37. The van der Waals surface area contributed by atoms with Gasteiger partial charge in [0.1, 0.15) is 0 Å². The Morgan fingerprint density at radius 2 is 1.71 bits per heavy atom. The molecule has 1 aliphatic heterocycles. The molecule has 56 heavy (non-hydrogen) atoms. The summed E-state index contributed by atoms with van der Waals surface area (Å²) in [4.78, 5) is 46.5. The zero-order valence-corrected chi connectivity index (χ0v) is 33.8. The van der Waals surface area contributed by atoms with Gasteiger partial charge in [0, 0.05) is 25.2 Å². The van der Waals surface area contributed by atoms with Crippen LogP contribution in [0.4, 0.5) is 0 Å². The van der Waals surface area contributed by atoms with Crippen molar-refractivity contribution in [3.8, 4) is 5.69 Å². The molecule has 2 atom stereocenters. The van der Waals surface area contributed by atoms with E-state index >= 15 is 0 Å². The minimum Gasteiger partial charge on any atom is -0.394 e. The van der Waals surface area contributed by atoms with Crippen molar-refractivity contribution in [1.82, 2.24) is 24.3 Å². The molecular weight excluding hydrogens is 750 g/mol. The highest BCUT2D eigenvalue weighted by Crippen LogP contribution is 2.31. The highest BCUT2D eigenvalue weighted by molar-refractivity contribution is 7.83. The van der Waals surface area contributed by atoms with Crippen LogP contribution >= 0.6 is 11.6 Å². The Morgan fingerprint density at radius 3 is 2.38 bits per heavy atom. The molecule has 0 saturated heterocycles. The summed E-state index contributed by atoms with van der Waals surface area (Å²) in [6.07, 6.45) is 7.29. The number of carbonyl (C=O) groups is 3. The van der Waals surface area contributed by atoms with Gasteiger partial charge in [-0.2, -0.15) is 5.10 Å². The number of halogens is 1. The number of amides is 3. The number of aliphatic hydroxyl groups is 1. The molecule has 0 bridgehead atoms. The number of carbonyl (C=O) groups excluding carboxylic acids is 3. The molecule has 13 heteroatoms. The summed E-state index contributed by atoms with van der Waals surface area (Å²) < 4.78 is 23.2. The first-order valence-electron chi connectivity index (χ1n) is 18.9. The second kappa shape index (κ2) is 19.8. The number of ether oxygens (including phenoxy) is 1. The second-order valence-corrected chi connectivity index (χ2v) is 15.2. The topological polar surface area (TPSA) is 134 Å². The van der Waals surface area contributed by atoms with Crippen molar-refractivity contribution in [3.05, 3.63) is 124 Å². The fraction of sp³-hybridized carbons (Fsp3) is 0.349. The Balaban J connectivity index is 1.58. The van der Waals surface area contributed by atoms with E-state index in [9.17, 15) is 23.7 Å². The van der Waals surface area contributed by atoms with Crippen molar-refractivity contribution >= 4 is 52.5 Å². The Labute approximate surface area is 336 Å². The number of nitrogens with zero attached hydrogens (tertiary/aromatic N) is 4. The Kier molecular flexibility index (Phi) is 15.0. The average molecular weight is 800 g/mol. The number of aliphatic hydroxyl groups excluding tert-OH is 1. The van der Waals surface area contributed by atoms with E-state index in [0.29, 0.717) is 41.4 Å². The van der Waals surface area contributed by atoms with E-state index in [1.165, 1.54) is 16.8 Å². The number of aromatic nitrogens is 2. The standard InChI is InChI=1S/C43H50ClN5O6S/c1-6-10-20-47(21-11-7-2)43(53)40-39(44)29(5)49(45-40)38-19-17-33(41(51)46-56(54)36-18-16-30(8-3)31(9-4)25-36)26-37(38)42(52)48-27-34-15-13-12-14-32(34)24-35(48)28-55-23-22-50/h8-9,12-19,25-26,35,50H,3-4,6-7,10-11,20-24,27-28H2,1-2,5H3,(H,46,51)/t35-,56?/m0/s1. The molecule has 2 N–H and O–H groups in total. The highest BCUT2D eigenvalue weighted by atomic mass is 35.5. The van der Waals surface area contributed by atoms with E-state index < -0.39 is 28.8 Å². The number of nitrogens with one attached hydrogen (secondary N) is 1. The summed E-state index contributed by atoms with van der Waals surface area (Å²) in [5, 5.41) is 14.3. The van der Waals surface area contributed by atoms with Crippen molar-refractivity contribution in [3.63, 3.8) is 0 Å². The lowest BCUT2D eigenvalue weighted by atomic mass is 9.93. The maximum absolute atomic E-state index is 14.9. The lowest BCUT2D eigenvalue weighted by molar-refractivity contribution is 0.0278. The van der Waals surface area contributed by atoms with Crippen LogP contribution in [0.1, 0.15) is 98.7 Å². The van der Waals surface area contributed by atoms with E-state index in [-0.39, 0.29) is 54.1 Å². The van der Waals surface area contributed by atoms with E-state index in [2.05, 4.69) is 31.7 Å². The Morgan fingerprint density at radius 1 is 1.02 bits per heavy atom. The molecule has 1 aromatic heterocycles. The normalized spacial score (nSPS) is 14.2. The van der Waals surface area contributed by atoms with E-state index in [4.69, 9.17) is 21.4 Å². The minimum atomic E-state index is -1.94. The number of benzene rings is 3. The SMILES string of the molecule is C=Cc1ccc(S(=O)NC(=O)c2ccc(-n3nc(C(=O)N(CCCC)CCCC)c(Cl)c3C)c(C(=O)N3Cc4ccccc4C[C@H]3COCCO)c2)cc1C=C. The van der Waals surface area contributed by atoms with Gasteiger partial charge in [-0.05, 0) is 78.8 Å². The highest BCUT2D eigenvalue weighted by Gasteiger charge is 2.34. The molecule has 5 rings (SSSR count). The molecule has 296 valence electrons. The first-order valence-corrected chi connectivity index (χ1v) is 20.5. The number of hydrogen-bond donors (Lipinski definition) is 2. The second-order valence-electron chi connectivity index (χ2n) is 13.6. The Hall–Kier alpha value is -4.88. The van der Waals surface area contributed by atoms with Crippen molar-refractivity contribution in [2.24, 2.45) is 0 Å². The zero-order valence-electron chi connectivity index (χ0n) is 32.3. The van der Waals surface area contributed by atoms with E-state index in [1.54, 1.807) is 53.1 Å². The lowest BCUT2D eigenvalue weighted by Crippen LogP contribution is -2.47. The summed E-state index contributed by atoms with van der Waals surface area (Å²) in [7, 11) is -1.94. The van der Waals surface area contributed by atoms with Crippen LogP contribution in [0.2, 0.25) is 5.02 Å². The van der Waals surface area contributed by atoms with Crippen molar-refractivity contribution in [2.45, 2.75) is 70.4 Å². The number of unbranched alkanes of at least 4 members (excludes halogenated alkanes) is 2. The van der Waals surface area contributed by atoms with Gasteiger partial charge in [0.15, 0.2) is 16.7 Å². The van der Waals surface area contributed by atoms with Gasteiger partial charge in [0.25, 0.3) is 17.7 Å². The predicted octanol–water partition coefficient (Wildman–Crippen LogP) is 7.19. The fourth-order valence-corrected chi connectivity index (χ4v) is 7.72. The largest absolute Gasteiger partial charge is 0.394 e. The predicted molar refractivity (Wildman–Crippen MR) is 221 cm³/mol. The van der Waals surface area contributed by atoms with Gasteiger partial charge < -0.3 is 19.6 Å². The fourth-order valence-electron chi connectivity index (χ4n) is 6.70. The quantitative estimate of drug-likeness (QED) is 0.102. The van der Waals surface area contributed by atoms with Gasteiger partial charge in [-0.25, -0.2) is 8.89 Å². The lowest BCUT2D eigenvalue weighted by Gasteiger charge is -2.37. The molecule has 1 unspecified atom stereocenters. The smallest absolute Gasteiger partial charge is 0.275 e. The Bertz CT molecular complexity index is 2110. The van der Waals surface area contributed by atoms with Crippen LogP contribution in [-0.2, 0) is 28.7 Å². The molecule has 11 nitrogen and oxygen atoms in total. The molecule has 3 amide bonds. The van der Waals surface area contributed by atoms with Crippen LogP contribution in [-0.4, -0.2) is 85.6 Å². The van der Waals surface area contributed by atoms with Crippen molar-refractivity contribution in [2.75, 3.05) is 32.9 Å². The molecule has 2 heterocycles. The van der Waals surface area contributed by atoms with Gasteiger partial charge in [0.2, 0.25) is 0 Å². The van der Waals surface area contributed by atoms with Gasteiger partial charge >= 0.3 is 0 Å². The summed E-state index contributed by atoms with van der Waals surface area (Å²) >= 11 is 6.87. The van der Waals surface area contributed by atoms with Crippen LogP contribution in [0, 0.1) is 6.92 Å². The monoisotopic (exact) mass is 799 g/mol. The zero-order chi connectivity index (χ0) is 40.4. The molecule has 0 saturated carbocycles. The van der Waals surface area contributed by atoms with Gasteiger partial charge in [-0.15, -0.1) is 0 Å². The van der Waals surface area contributed by atoms with Gasteiger partial charge in [0.05, 0.1) is 52.7 Å². The molecule has 1 aliphatic rings. The molecule has 0 aliphatic carbocycles. The van der Waals surface area contributed by atoms with Crippen molar-refractivity contribution in [1.29, 1.82) is 0 Å². The molecule has 0 radical (unpaired) electrons. The first-order chi connectivity index (χ1) is 27.1. The van der Waals surface area contributed by atoms with E-state index in [0.717, 1.165) is 42.4 Å². The average Bonchev–Trinajstić information content (AvgIpc) is 3.52. The third-order valence-corrected chi connectivity index (χ3v) is 11.4. The number of hydrogen-bond acceptors (Lipinski definition) is 7. The number of fused-ring (bicyclic) bond motifs is 1. The number of rotatable bonds is 18. The van der Waals surface area contributed by atoms with E-state index in [1.807, 2.05) is 24.3 Å². The minimum absolute atomic E-state index is 0.0792. The summed E-state index contributed by atoms with van der Waals surface area (Å²) in [6.45, 7) is 15.0. The maximum atomic E-state index is 14.9. The third kappa shape index (κ3) is 9.55. The van der Waals surface area contributed by atoms with Crippen LogP contribution in [0.5, 0.6) is 0 Å². The molecule has 0 fully saturated rings.